The van der Waals surface area contributed by atoms with Gasteiger partial charge in [0.15, 0.2) is 5.60 Å². The molecule has 3 fully saturated rings. The monoisotopic (exact) mass is 323 g/mol. The summed E-state index contributed by atoms with van der Waals surface area (Å²) in [5.41, 5.74) is -1.18. The number of hydroxylamine groups is 1. The van der Waals surface area contributed by atoms with E-state index < -0.39 is 11.3 Å². The highest BCUT2D eigenvalue weighted by Crippen LogP contribution is 2.52. The summed E-state index contributed by atoms with van der Waals surface area (Å²) in [6.45, 7) is 2.67. The predicted octanol–water partition coefficient (Wildman–Crippen LogP) is 0.915. The zero-order valence-corrected chi connectivity index (χ0v) is 13.4. The van der Waals surface area contributed by atoms with Gasteiger partial charge in [0.05, 0.1) is 24.8 Å². The standard InChI is InChI=1S/C16H25N3O4/c20-16-12-4-1-2-7-15(12,18-8-10-23-11-9-18)19(22)14(16)6-3-5-13(16)17-21/h12,20-21H,1-11H2/t12-,15+,16+/m1/s1. The minimum Gasteiger partial charge on any atom is -0.622 e. The topological polar surface area (TPSA) is 91.4 Å². The fourth-order valence-corrected chi connectivity index (χ4v) is 5.37. The van der Waals surface area contributed by atoms with Crippen LogP contribution in [0.4, 0.5) is 0 Å². The Bertz CT molecular complexity index is 558. The Morgan fingerprint density at radius 1 is 1.22 bits per heavy atom. The molecule has 0 spiro atoms. The van der Waals surface area contributed by atoms with Gasteiger partial charge in [-0.05, 0) is 25.7 Å². The number of morpholine rings is 1. The lowest BCUT2D eigenvalue weighted by Crippen LogP contribution is -2.65. The van der Waals surface area contributed by atoms with Crippen LogP contribution in [0.2, 0.25) is 0 Å². The number of fused-ring (bicyclic) bond motifs is 3. The van der Waals surface area contributed by atoms with Crippen molar-refractivity contribution in [3.8, 4) is 0 Å². The minimum absolute atomic E-state index is 0.222. The Morgan fingerprint density at radius 2 is 2.00 bits per heavy atom. The van der Waals surface area contributed by atoms with Gasteiger partial charge in [0.1, 0.15) is 0 Å². The first-order valence-electron chi connectivity index (χ1n) is 8.76. The number of ether oxygens (including phenoxy) is 1. The van der Waals surface area contributed by atoms with E-state index in [0.29, 0.717) is 50.6 Å². The second-order valence-electron chi connectivity index (χ2n) is 7.18. The second-order valence-corrected chi connectivity index (χ2v) is 7.18. The molecule has 2 aliphatic heterocycles. The fourth-order valence-electron chi connectivity index (χ4n) is 5.37. The van der Waals surface area contributed by atoms with E-state index in [-0.39, 0.29) is 5.92 Å². The van der Waals surface area contributed by atoms with Crippen molar-refractivity contribution in [2.75, 3.05) is 26.3 Å². The van der Waals surface area contributed by atoms with Gasteiger partial charge in [-0.3, -0.25) is 0 Å². The molecule has 23 heavy (non-hydrogen) atoms. The van der Waals surface area contributed by atoms with E-state index in [2.05, 4.69) is 10.1 Å². The maximum absolute atomic E-state index is 13.4. The lowest BCUT2D eigenvalue weighted by Gasteiger charge is -2.47. The van der Waals surface area contributed by atoms with Gasteiger partial charge >= 0.3 is 0 Å². The van der Waals surface area contributed by atoms with Gasteiger partial charge in [0, 0.05) is 25.9 Å². The van der Waals surface area contributed by atoms with Crippen LogP contribution in [-0.2, 0) is 4.74 Å². The molecule has 0 aromatic carbocycles. The minimum atomic E-state index is -1.37. The molecule has 7 heteroatoms. The first-order valence-corrected chi connectivity index (χ1v) is 8.76. The summed E-state index contributed by atoms with van der Waals surface area (Å²) >= 11 is 0. The Morgan fingerprint density at radius 3 is 2.74 bits per heavy atom. The highest BCUT2D eigenvalue weighted by Gasteiger charge is 2.71. The summed E-state index contributed by atoms with van der Waals surface area (Å²) in [7, 11) is 0. The van der Waals surface area contributed by atoms with E-state index in [1.807, 2.05) is 0 Å². The SMILES string of the molecule is [O-][N+]1=C2CCCC(=NO)[C@@]2(O)[C@@H]2CCCC[C@@]21N1CCOCC1. The van der Waals surface area contributed by atoms with Crippen molar-refractivity contribution in [2.45, 2.75) is 56.2 Å². The van der Waals surface area contributed by atoms with Crippen LogP contribution in [0.1, 0.15) is 44.9 Å². The lowest BCUT2D eigenvalue weighted by atomic mass is 9.65. The quantitative estimate of drug-likeness (QED) is 0.324. The predicted molar refractivity (Wildman–Crippen MR) is 83.7 cm³/mol. The van der Waals surface area contributed by atoms with Gasteiger partial charge in [-0.15, -0.1) is 0 Å². The third-order valence-corrected chi connectivity index (χ3v) is 6.33. The zero-order chi connectivity index (χ0) is 16.1. The summed E-state index contributed by atoms with van der Waals surface area (Å²) in [6, 6.07) is 0. The first kappa shape index (κ1) is 15.4. The molecule has 128 valence electrons. The van der Waals surface area contributed by atoms with Crippen LogP contribution in [0.25, 0.3) is 0 Å². The number of nitrogens with zero attached hydrogens (tertiary/aromatic N) is 3. The van der Waals surface area contributed by atoms with Gasteiger partial charge < -0.3 is 20.3 Å². The maximum Gasteiger partial charge on any atom is 0.235 e. The molecule has 0 unspecified atom stereocenters. The second kappa shape index (κ2) is 5.43. The fraction of sp³-hybridized carbons (Fsp3) is 0.875. The van der Waals surface area contributed by atoms with Crippen LogP contribution in [0.5, 0.6) is 0 Å². The Balaban J connectivity index is 1.85. The molecule has 4 aliphatic rings. The molecule has 1 saturated heterocycles. The Labute approximate surface area is 135 Å². The molecule has 0 radical (unpaired) electrons. The lowest BCUT2D eigenvalue weighted by molar-refractivity contribution is -0.591. The molecule has 7 nitrogen and oxygen atoms in total. The summed E-state index contributed by atoms with van der Waals surface area (Å²) in [6.07, 6.45) is 5.42. The highest BCUT2D eigenvalue weighted by atomic mass is 16.5. The van der Waals surface area contributed by atoms with Crippen LogP contribution in [0, 0.1) is 11.1 Å². The number of rotatable bonds is 1. The molecule has 2 aliphatic carbocycles. The van der Waals surface area contributed by atoms with Crippen molar-refractivity contribution in [3.05, 3.63) is 5.21 Å². The average molecular weight is 323 g/mol. The number of aliphatic hydroxyl groups is 1. The van der Waals surface area contributed by atoms with Gasteiger partial charge in [0.25, 0.3) is 0 Å². The molecule has 0 amide bonds. The van der Waals surface area contributed by atoms with Crippen molar-refractivity contribution >= 4 is 11.4 Å². The summed E-state index contributed by atoms with van der Waals surface area (Å²) < 4.78 is 6.57. The third kappa shape index (κ3) is 1.87. The number of hydrogen-bond donors (Lipinski definition) is 2. The van der Waals surface area contributed by atoms with Crippen molar-refractivity contribution in [3.63, 3.8) is 0 Å². The third-order valence-electron chi connectivity index (χ3n) is 6.33. The smallest absolute Gasteiger partial charge is 0.235 e. The van der Waals surface area contributed by atoms with Gasteiger partial charge in [-0.25, -0.2) is 4.90 Å². The van der Waals surface area contributed by atoms with E-state index in [1.54, 1.807) is 0 Å². The van der Waals surface area contributed by atoms with Crippen molar-refractivity contribution in [1.29, 1.82) is 0 Å². The molecule has 0 aromatic rings. The van der Waals surface area contributed by atoms with Gasteiger partial charge in [-0.1, -0.05) is 11.6 Å². The zero-order valence-electron chi connectivity index (χ0n) is 13.4. The van der Waals surface area contributed by atoms with E-state index in [0.717, 1.165) is 36.8 Å². The summed E-state index contributed by atoms with van der Waals surface area (Å²) in [4.78, 5) is 2.21. The van der Waals surface area contributed by atoms with E-state index in [9.17, 15) is 15.5 Å². The van der Waals surface area contributed by atoms with Crippen LogP contribution in [0.15, 0.2) is 5.16 Å². The van der Waals surface area contributed by atoms with Crippen LogP contribution >= 0.6 is 0 Å². The summed E-state index contributed by atoms with van der Waals surface area (Å²) in [5, 5.41) is 37.7. The highest BCUT2D eigenvalue weighted by molar-refractivity contribution is 6.15. The van der Waals surface area contributed by atoms with E-state index in [4.69, 9.17) is 4.74 Å². The van der Waals surface area contributed by atoms with Crippen molar-refractivity contribution < 1.29 is 19.8 Å². The average Bonchev–Trinajstić information content (AvgIpc) is 2.82. The number of hydrogen-bond acceptors (Lipinski definition) is 6. The van der Waals surface area contributed by atoms with Crippen molar-refractivity contribution in [2.24, 2.45) is 11.1 Å². The van der Waals surface area contributed by atoms with Gasteiger partial charge in [0.2, 0.25) is 11.4 Å². The first-order chi connectivity index (χ1) is 11.2. The molecule has 4 rings (SSSR count). The largest absolute Gasteiger partial charge is 0.622 e. The van der Waals surface area contributed by atoms with Crippen LogP contribution < -0.4 is 0 Å². The molecular formula is C16H25N3O4. The van der Waals surface area contributed by atoms with Crippen molar-refractivity contribution in [1.82, 2.24) is 4.90 Å². The van der Waals surface area contributed by atoms with Gasteiger partial charge in [-0.2, -0.15) is 4.74 Å². The molecule has 2 heterocycles. The van der Waals surface area contributed by atoms with Crippen LogP contribution in [-0.4, -0.2) is 68.9 Å². The molecule has 3 atom stereocenters. The van der Waals surface area contributed by atoms with Crippen LogP contribution in [0.3, 0.4) is 0 Å². The van der Waals surface area contributed by atoms with E-state index in [1.165, 1.54) is 0 Å². The molecular weight excluding hydrogens is 298 g/mol. The molecule has 0 aromatic heterocycles. The molecule has 0 bridgehead atoms. The summed E-state index contributed by atoms with van der Waals surface area (Å²) in [5.74, 6) is -0.222. The maximum atomic E-state index is 13.4. The van der Waals surface area contributed by atoms with E-state index >= 15 is 0 Å². The Hall–Kier alpha value is -1.18. The Kier molecular flexibility index (Phi) is 3.62. The number of oxime groups is 1. The molecule has 2 saturated carbocycles. The normalized spacial score (nSPS) is 43.5. The molecule has 2 N–H and O–H groups in total.